The summed E-state index contributed by atoms with van der Waals surface area (Å²) < 4.78 is 32.8. The Kier molecular flexibility index (Phi) is 7.70. The maximum absolute atomic E-state index is 13.0. The van der Waals surface area contributed by atoms with E-state index in [1.54, 1.807) is 30.5 Å². The number of rotatable bonds is 7. The number of anilines is 2. The number of likely N-dealkylation sites (N-methyl/N-ethyl adjacent to an activating group) is 1. The molecule has 2 saturated heterocycles. The molecule has 1 aromatic heterocycles. The van der Waals surface area contributed by atoms with Crippen LogP contribution >= 0.6 is 0 Å². The molecule has 184 valence electrons. The lowest BCUT2D eigenvalue weighted by molar-refractivity contribution is -0.120. The molecule has 0 spiro atoms. The highest BCUT2D eigenvalue weighted by molar-refractivity contribution is 7.89. The standard InChI is InChI=1S/C24H33N5O4S/c1-3-33-21-5-7-22(8-6-21)34(31,32)29-12-10-19(11-13-29)24(30)26-20-4-9-23(25-18-20)28-16-14-27(2)15-17-28/h4-9,18-19H,3,10-17H2,1-2H3,(H,26,30). The van der Waals surface area contributed by atoms with Crippen molar-refractivity contribution >= 4 is 27.4 Å². The first-order valence-corrected chi connectivity index (χ1v) is 13.2. The lowest BCUT2D eigenvalue weighted by atomic mass is 9.97. The molecule has 34 heavy (non-hydrogen) atoms. The number of hydrogen-bond acceptors (Lipinski definition) is 7. The molecule has 4 rings (SSSR count). The van der Waals surface area contributed by atoms with E-state index in [4.69, 9.17) is 4.74 Å². The van der Waals surface area contributed by atoms with Gasteiger partial charge in [0.15, 0.2) is 0 Å². The second-order valence-corrected chi connectivity index (χ2v) is 10.7. The van der Waals surface area contributed by atoms with Crippen LogP contribution in [-0.2, 0) is 14.8 Å². The summed E-state index contributed by atoms with van der Waals surface area (Å²) in [5, 5.41) is 2.94. The Bertz CT molecular complexity index is 1060. The van der Waals surface area contributed by atoms with Gasteiger partial charge in [-0.05, 0) is 63.2 Å². The van der Waals surface area contributed by atoms with E-state index in [1.165, 1.54) is 4.31 Å². The molecule has 0 radical (unpaired) electrons. The van der Waals surface area contributed by atoms with Crippen LogP contribution in [0.25, 0.3) is 0 Å². The van der Waals surface area contributed by atoms with Crippen molar-refractivity contribution in [1.29, 1.82) is 0 Å². The van der Waals surface area contributed by atoms with Gasteiger partial charge >= 0.3 is 0 Å². The molecule has 3 heterocycles. The molecule has 0 atom stereocenters. The topological polar surface area (TPSA) is 95.1 Å². The highest BCUT2D eigenvalue weighted by atomic mass is 32.2. The Hall–Kier alpha value is -2.69. The van der Waals surface area contributed by atoms with E-state index in [0.717, 1.165) is 32.0 Å². The summed E-state index contributed by atoms with van der Waals surface area (Å²) in [6, 6.07) is 10.3. The van der Waals surface area contributed by atoms with Crippen molar-refractivity contribution in [3.05, 3.63) is 42.6 Å². The predicted octanol–water partition coefficient (Wildman–Crippen LogP) is 2.27. The number of hydrogen-bond donors (Lipinski definition) is 1. The fourth-order valence-electron chi connectivity index (χ4n) is 4.31. The summed E-state index contributed by atoms with van der Waals surface area (Å²) in [6.45, 7) is 6.92. The van der Waals surface area contributed by atoms with E-state index < -0.39 is 10.0 Å². The van der Waals surface area contributed by atoms with Crippen LogP contribution in [0, 0.1) is 5.92 Å². The molecule has 2 aliphatic rings. The van der Waals surface area contributed by atoms with E-state index in [0.29, 0.717) is 44.0 Å². The number of piperidine rings is 1. The molecule has 1 aromatic carbocycles. The Morgan fingerprint density at radius 1 is 1.03 bits per heavy atom. The molecule has 1 N–H and O–H groups in total. The third kappa shape index (κ3) is 5.68. The third-order valence-electron chi connectivity index (χ3n) is 6.44. The number of amides is 1. The number of carbonyl (C=O) groups excluding carboxylic acids is 1. The number of pyridine rings is 1. The summed E-state index contributed by atoms with van der Waals surface area (Å²) in [5.41, 5.74) is 0.660. The van der Waals surface area contributed by atoms with Crippen LogP contribution in [0.2, 0.25) is 0 Å². The maximum Gasteiger partial charge on any atom is 0.243 e. The number of nitrogens with zero attached hydrogens (tertiary/aromatic N) is 4. The van der Waals surface area contributed by atoms with Crippen LogP contribution in [0.5, 0.6) is 5.75 Å². The number of nitrogens with one attached hydrogen (secondary N) is 1. The molecule has 2 aromatic rings. The number of sulfonamides is 1. The Labute approximate surface area is 201 Å². The molecule has 0 bridgehead atoms. The van der Waals surface area contributed by atoms with Gasteiger partial charge in [-0.1, -0.05) is 0 Å². The van der Waals surface area contributed by atoms with Crippen molar-refractivity contribution in [3.8, 4) is 5.75 Å². The molecule has 0 unspecified atom stereocenters. The van der Waals surface area contributed by atoms with Crippen LogP contribution in [0.4, 0.5) is 11.5 Å². The zero-order chi connectivity index (χ0) is 24.1. The highest BCUT2D eigenvalue weighted by Crippen LogP contribution is 2.26. The minimum atomic E-state index is -3.59. The Morgan fingerprint density at radius 3 is 2.29 bits per heavy atom. The van der Waals surface area contributed by atoms with Crippen molar-refractivity contribution in [2.75, 3.05) is 63.1 Å². The smallest absolute Gasteiger partial charge is 0.243 e. The van der Waals surface area contributed by atoms with Crippen LogP contribution < -0.4 is 15.0 Å². The quantitative estimate of drug-likeness (QED) is 0.640. The average molecular weight is 488 g/mol. The number of carbonyl (C=O) groups is 1. The van der Waals surface area contributed by atoms with Crippen molar-refractivity contribution in [2.24, 2.45) is 5.92 Å². The first kappa shape index (κ1) is 24.4. The van der Waals surface area contributed by atoms with Gasteiger partial charge in [0, 0.05) is 45.2 Å². The van der Waals surface area contributed by atoms with Gasteiger partial charge in [0.25, 0.3) is 0 Å². The van der Waals surface area contributed by atoms with Crippen molar-refractivity contribution in [2.45, 2.75) is 24.7 Å². The molecule has 1 amide bonds. The number of piperazine rings is 1. The third-order valence-corrected chi connectivity index (χ3v) is 8.35. The first-order chi connectivity index (χ1) is 16.4. The summed E-state index contributed by atoms with van der Waals surface area (Å²) in [4.78, 5) is 22.1. The molecule has 2 fully saturated rings. The largest absolute Gasteiger partial charge is 0.494 e. The van der Waals surface area contributed by atoms with Gasteiger partial charge in [0.1, 0.15) is 11.6 Å². The first-order valence-electron chi connectivity index (χ1n) is 11.8. The minimum absolute atomic E-state index is 0.0905. The Morgan fingerprint density at radius 2 is 1.71 bits per heavy atom. The number of aromatic nitrogens is 1. The zero-order valence-corrected chi connectivity index (χ0v) is 20.6. The number of ether oxygens (including phenoxy) is 1. The fourth-order valence-corrected chi connectivity index (χ4v) is 5.78. The van der Waals surface area contributed by atoms with Gasteiger partial charge in [-0.2, -0.15) is 4.31 Å². The van der Waals surface area contributed by atoms with Crippen molar-refractivity contribution in [1.82, 2.24) is 14.2 Å². The Balaban J connectivity index is 1.29. The normalized spacial score (nSPS) is 18.6. The fraction of sp³-hybridized carbons (Fsp3) is 0.500. The van der Waals surface area contributed by atoms with Crippen molar-refractivity contribution < 1.29 is 17.9 Å². The summed E-state index contributed by atoms with van der Waals surface area (Å²) >= 11 is 0. The molecular formula is C24H33N5O4S. The van der Waals surface area contributed by atoms with Gasteiger partial charge in [-0.25, -0.2) is 13.4 Å². The van der Waals surface area contributed by atoms with E-state index in [2.05, 4.69) is 27.1 Å². The SMILES string of the molecule is CCOc1ccc(S(=O)(=O)N2CCC(C(=O)Nc3ccc(N4CCN(C)CC4)nc3)CC2)cc1. The van der Waals surface area contributed by atoms with Crippen LogP contribution in [0.15, 0.2) is 47.5 Å². The molecule has 10 heteroatoms. The molecular weight excluding hydrogens is 454 g/mol. The van der Waals surface area contributed by atoms with Gasteiger partial charge in [-0.3, -0.25) is 4.79 Å². The summed E-state index contributed by atoms with van der Waals surface area (Å²) in [7, 11) is -1.48. The lowest BCUT2D eigenvalue weighted by Crippen LogP contribution is -2.44. The van der Waals surface area contributed by atoms with Crippen LogP contribution in [0.1, 0.15) is 19.8 Å². The van der Waals surface area contributed by atoms with Crippen LogP contribution in [0.3, 0.4) is 0 Å². The molecule has 2 aliphatic heterocycles. The minimum Gasteiger partial charge on any atom is -0.494 e. The van der Waals surface area contributed by atoms with Gasteiger partial charge in [0.05, 0.1) is 23.4 Å². The van der Waals surface area contributed by atoms with Gasteiger partial charge in [-0.15, -0.1) is 0 Å². The van der Waals surface area contributed by atoms with Crippen LogP contribution in [-0.4, -0.2) is 81.4 Å². The summed E-state index contributed by atoms with van der Waals surface area (Å²) in [6.07, 6.45) is 2.65. The highest BCUT2D eigenvalue weighted by Gasteiger charge is 2.32. The molecule has 0 aliphatic carbocycles. The van der Waals surface area contributed by atoms with Gasteiger partial charge < -0.3 is 19.9 Å². The van der Waals surface area contributed by atoms with E-state index in [-0.39, 0.29) is 16.7 Å². The maximum atomic E-state index is 13.0. The second-order valence-electron chi connectivity index (χ2n) is 8.77. The van der Waals surface area contributed by atoms with E-state index >= 15 is 0 Å². The molecule has 9 nitrogen and oxygen atoms in total. The predicted molar refractivity (Wildman–Crippen MR) is 132 cm³/mol. The number of benzene rings is 1. The van der Waals surface area contributed by atoms with Gasteiger partial charge in [0.2, 0.25) is 15.9 Å². The van der Waals surface area contributed by atoms with E-state index in [1.807, 2.05) is 19.1 Å². The average Bonchev–Trinajstić information content (AvgIpc) is 2.86. The summed E-state index contributed by atoms with van der Waals surface area (Å²) in [5.74, 6) is 1.23. The molecule has 0 saturated carbocycles. The van der Waals surface area contributed by atoms with E-state index in [9.17, 15) is 13.2 Å². The second kappa shape index (κ2) is 10.7. The zero-order valence-electron chi connectivity index (χ0n) is 19.8. The van der Waals surface area contributed by atoms with Crippen molar-refractivity contribution in [3.63, 3.8) is 0 Å². The monoisotopic (exact) mass is 487 g/mol. The lowest BCUT2D eigenvalue weighted by Gasteiger charge is -2.33.